The van der Waals surface area contributed by atoms with E-state index in [1.807, 2.05) is 39.0 Å². The summed E-state index contributed by atoms with van der Waals surface area (Å²) in [7, 11) is 0. The molecule has 0 amide bonds. The number of benzene rings is 1. The lowest BCUT2D eigenvalue weighted by molar-refractivity contribution is 0.548. The van der Waals surface area contributed by atoms with Gasteiger partial charge in [0.05, 0.1) is 0 Å². The molecule has 15 heavy (non-hydrogen) atoms. The molecule has 0 atom stereocenters. The summed E-state index contributed by atoms with van der Waals surface area (Å²) in [6.45, 7) is 6.00. The lowest BCUT2D eigenvalue weighted by atomic mass is 10.0. The Morgan fingerprint density at radius 1 is 1.00 bits per heavy atom. The molecule has 0 aliphatic rings. The van der Waals surface area contributed by atoms with Crippen molar-refractivity contribution in [3.05, 3.63) is 41.2 Å². The number of furan rings is 1. The first kappa shape index (κ1) is 9.84. The van der Waals surface area contributed by atoms with Crippen LogP contribution in [0.2, 0.25) is 0 Å². The first-order valence-electron chi connectivity index (χ1n) is 5.01. The Kier molecular flexibility index (Phi) is 2.27. The maximum absolute atomic E-state index is 5.84. The fourth-order valence-corrected chi connectivity index (χ4v) is 1.68. The van der Waals surface area contributed by atoms with Crippen molar-refractivity contribution >= 4 is 5.69 Å². The third-order valence-electron chi connectivity index (χ3n) is 2.62. The minimum absolute atomic E-state index is 0.833. The van der Waals surface area contributed by atoms with Crippen LogP contribution in [0.4, 0.5) is 5.69 Å². The van der Waals surface area contributed by atoms with Gasteiger partial charge >= 0.3 is 0 Å². The summed E-state index contributed by atoms with van der Waals surface area (Å²) >= 11 is 0. The van der Waals surface area contributed by atoms with E-state index in [0.717, 1.165) is 33.9 Å². The van der Waals surface area contributed by atoms with Gasteiger partial charge in [0.15, 0.2) is 0 Å². The van der Waals surface area contributed by atoms with Crippen molar-refractivity contribution in [1.82, 2.24) is 0 Å². The second-order valence-corrected chi connectivity index (χ2v) is 3.93. The Hall–Kier alpha value is -1.70. The van der Waals surface area contributed by atoms with Gasteiger partial charge in [-0.1, -0.05) is 0 Å². The Labute approximate surface area is 89.7 Å². The Balaban J connectivity index is 2.58. The summed E-state index contributed by atoms with van der Waals surface area (Å²) in [4.78, 5) is 0. The SMILES string of the molecule is Cc1ccc(-c2cc(C)c(N)cc2C)o1. The normalized spacial score (nSPS) is 10.6. The van der Waals surface area contributed by atoms with Gasteiger partial charge in [-0.05, 0) is 56.2 Å². The fourth-order valence-electron chi connectivity index (χ4n) is 1.68. The monoisotopic (exact) mass is 201 g/mol. The van der Waals surface area contributed by atoms with Gasteiger partial charge in [-0.25, -0.2) is 0 Å². The van der Waals surface area contributed by atoms with Gasteiger partial charge < -0.3 is 10.2 Å². The summed E-state index contributed by atoms with van der Waals surface area (Å²) in [5.41, 5.74) is 10.0. The number of nitrogen functional groups attached to an aromatic ring is 1. The molecule has 0 bridgehead atoms. The molecule has 1 heterocycles. The van der Waals surface area contributed by atoms with E-state index < -0.39 is 0 Å². The molecule has 0 unspecified atom stereocenters. The molecule has 2 aromatic rings. The molecular weight excluding hydrogens is 186 g/mol. The van der Waals surface area contributed by atoms with Gasteiger partial charge in [-0.15, -0.1) is 0 Å². The summed E-state index contributed by atoms with van der Waals surface area (Å²) in [6, 6.07) is 8.03. The van der Waals surface area contributed by atoms with E-state index in [2.05, 4.69) is 6.07 Å². The predicted octanol–water partition coefficient (Wildman–Crippen LogP) is 3.45. The second kappa shape index (κ2) is 3.46. The van der Waals surface area contributed by atoms with Crippen molar-refractivity contribution in [2.75, 3.05) is 5.73 Å². The molecule has 1 aromatic carbocycles. The standard InChI is InChI=1S/C13H15NO/c1-8-7-12(14)9(2)6-11(8)13-5-4-10(3)15-13/h4-7H,14H2,1-3H3. The molecule has 0 aliphatic heterocycles. The van der Waals surface area contributed by atoms with Crippen LogP contribution in [0.5, 0.6) is 0 Å². The van der Waals surface area contributed by atoms with Crippen molar-refractivity contribution in [3.8, 4) is 11.3 Å². The van der Waals surface area contributed by atoms with Crippen LogP contribution in [-0.4, -0.2) is 0 Å². The van der Waals surface area contributed by atoms with Gasteiger partial charge in [0.25, 0.3) is 0 Å². The molecule has 0 aliphatic carbocycles. The van der Waals surface area contributed by atoms with Crippen molar-refractivity contribution in [2.45, 2.75) is 20.8 Å². The highest BCUT2D eigenvalue weighted by Crippen LogP contribution is 2.28. The molecule has 2 nitrogen and oxygen atoms in total. The van der Waals surface area contributed by atoms with E-state index in [0.29, 0.717) is 0 Å². The summed E-state index contributed by atoms with van der Waals surface area (Å²) in [6.07, 6.45) is 0. The molecule has 78 valence electrons. The molecule has 0 fully saturated rings. The molecular formula is C13H15NO. The molecule has 1 aromatic heterocycles. The third kappa shape index (κ3) is 1.75. The second-order valence-electron chi connectivity index (χ2n) is 3.93. The average Bonchev–Trinajstić information content (AvgIpc) is 2.58. The maximum atomic E-state index is 5.84. The molecule has 2 N–H and O–H groups in total. The zero-order valence-corrected chi connectivity index (χ0v) is 9.29. The lowest BCUT2D eigenvalue weighted by Crippen LogP contribution is -1.92. The molecule has 2 rings (SSSR count). The highest BCUT2D eigenvalue weighted by molar-refractivity contribution is 5.67. The zero-order valence-electron chi connectivity index (χ0n) is 9.29. The smallest absolute Gasteiger partial charge is 0.134 e. The van der Waals surface area contributed by atoms with Crippen LogP contribution in [0.1, 0.15) is 16.9 Å². The summed E-state index contributed by atoms with van der Waals surface area (Å²) in [5, 5.41) is 0. The molecule has 0 spiro atoms. The van der Waals surface area contributed by atoms with E-state index in [4.69, 9.17) is 10.2 Å². The highest BCUT2D eigenvalue weighted by Gasteiger charge is 2.07. The fraction of sp³-hybridized carbons (Fsp3) is 0.231. The van der Waals surface area contributed by atoms with Crippen LogP contribution in [-0.2, 0) is 0 Å². The Bertz CT molecular complexity index is 497. The van der Waals surface area contributed by atoms with Gasteiger partial charge in [0.2, 0.25) is 0 Å². The molecule has 0 saturated carbocycles. The third-order valence-corrected chi connectivity index (χ3v) is 2.62. The van der Waals surface area contributed by atoms with Gasteiger partial charge in [0, 0.05) is 11.3 Å². The van der Waals surface area contributed by atoms with Crippen molar-refractivity contribution in [1.29, 1.82) is 0 Å². The lowest BCUT2D eigenvalue weighted by Gasteiger charge is -2.07. The van der Waals surface area contributed by atoms with E-state index in [1.165, 1.54) is 0 Å². The average molecular weight is 201 g/mol. The molecule has 0 radical (unpaired) electrons. The van der Waals surface area contributed by atoms with Crippen molar-refractivity contribution in [2.24, 2.45) is 0 Å². The quantitative estimate of drug-likeness (QED) is 0.718. The first-order chi connectivity index (χ1) is 7.08. The Morgan fingerprint density at radius 3 is 2.33 bits per heavy atom. The van der Waals surface area contributed by atoms with E-state index >= 15 is 0 Å². The summed E-state index contributed by atoms with van der Waals surface area (Å²) < 4.78 is 5.60. The first-order valence-corrected chi connectivity index (χ1v) is 5.01. The van der Waals surface area contributed by atoms with Crippen molar-refractivity contribution < 1.29 is 4.42 Å². The molecule has 2 heteroatoms. The van der Waals surface area contributed by atoms with Crippen LogP contribution in [0.15, 0.2) is 28.7 Å². The van der Waals surface area contributed by atoms with Crippen LogP contribution >= 0.6 is 0 Å². The number of hydrogen-bond donors (Lipinski definition) is 1. The zero-order chi connectivity index (χ0) is 11.0. The minimum Gasteiger partial charge on any atom is -0.461 e. The molecule has 0 saturated heterocycles. The maximum Gasteiger partial charge on any atom is 0.134 e. The van der Waals surface area contributed by atoms with Gasteiger partial charge in [-0.2, -0.15) is 0 Å². The number of nitrogens with two attached hydrogens (primary N) is 1. The number of rotatable bonds is 1. The van der Waals surface area contributed by atoms with Crippen molar-refractivity contribution in [3.63, 3.8) is 0 Å². The van der Waals surface area contributed by atoms with E-state index in [1.54, 1.807) is 0 Å². The highest BCUT2D eigenvalue weighted by atomic mass is 16.3. The summed E-state index contributed by atoms with van der Waals surface area (Å²) in [5.74, 6) is 1.84. The van der Waals surface area contributed by atoms with Gasteiger partial charge in [0.1, 0.15) is 11.5 Å². The number of aryl methyl sites for hydroxylation is 3. The largest absolute Gasteiger partial charge is 0.461 e. The van der Waals surface area contributed by atoms with Gasteiger partial charge in [-0.3, -0.25) is 0 Å². The Morgan fingerprint density at radius 2 is 1.73 bits per heavy atom. The minimum atomic E-state index is 0.833. The van der Waals surface area contributed by atoms with E-state index in [9.17, 15) is 0 Å². The number of hydrogen-bond acceptors (Lipinski definition) is 2. The van der Waals surface area contributed by atoms with E-state index in [-0.39, 0.29) is 0 Å². The van der Waals surface area contributed by atoms with Crippen LogP contribution < -0.4 is 5.73 Å². The predicted molar refractivity (Wildman–Crippen MR) is 62.8 cm³/mol. The van der Waals surface area contributed by atoms with Crippen LogP contribution in [0.25, 0.3) is 11.3 Å². The number of anilines is 1. The topological polar surface area (TPSA) is 39.2 Å². The van der Waals surface area contributed by atoms with Crippen LogP contribution in [0.3, 0.4) is 0 Å². The van der Waals surface area contributed by atoms with Crippen LogP contribution in [0, 0.1) is 20.8 Å².